The lowest BCUT2D eigenvalue weighted by Gasteiger charge is -2.15. The van der Waals surface area contributed by atoms with Crippen LogP contribution >= 0.6 is 11.8 Å². The van der Waals surface area contributed by atoms with Gasteiger partial charge in [-0.1, -0.05) is 13.3 Å². The van der Waals surface area contributed by atoms with E-state index < -0.39 is 23.4 Å². The highest BCUT2D eigenvalue weighted by Crippen LogP contribution is 2.29. The maximum absolute atomic E-state index is 11.8. The lowest BCUT2D eigenvalue weighted by Crippen LogP contribution is -2.41. The number of halogens is 3. The van der Waals surface area contributed by atoms with Crippen molar-refractivity contribution in [1.29, 1.82) is 0 Å². The molecule has 124 valence electrons. The van der Waals surface area contributed by atoms with Crippen molar-refractivity contribution in [2.24, 2.45) is 5.92 Å². The van der Waals surface area contributed by atoms with Crippen molar-refractivity contribution >= 4 is 23.8 Å². The highest BCUT2D eigenvalue weighted by Gasteiger charge is 2.27. The number of amides is 2. The molecule has 2 unspecified atom stereocenters. The van der Waals surface area contributed by atoms with Crippen LogP contribution in [-0.2, 0) is 4.79 Å². The highest BCUT2D eigenvalue weighted by atomic mass is 32.2. The van der Waals surface area contributed by atoms with E-state index in [1.54, 1.807) is 13.8 Å². The van der Waals surface area contributed by atoms with Crippen LogP contribution in [0.2, 0.25) is 0 Å². The first-order chi connectivity index (χ1) is 9.61. The fourth-order valence-corrected chi connectivity index (χ4v) is 1.97. The number of carboxylic acids is 1. The van der Waals surface area contributed by atoms with Crippen LogP contribution in [0.5, 0.6) is 0 Å². The van der Waals surface area contributed by atoms with Gasteiger partial charge in [-0.05, 0) is 31.5 Å². The second-order valence-electron chi connectivity index (χ2n) is 4.77. The smallest absolute Gasteiger partial charge is 0.441 e. The summed E-state index contributed by atoms with van der Waals surface area (Å²) in [6.07, 6.45) is 1.78. The summed E-state index contributed by atoms with van der Waals surface area (Å²) in [5.41, 5.74) is -4.29. The summed E-state index contributed by atoms with van der Waals surface area (Å²) in [5, 5.41) is 13.6. The Morgan fingerprint density at radius 3 is 2.38 bits per heavy atom. The number of thioether (sulfide) groups is 1. The van der Waals surface area contributed by atoms with Crippen molar-refractivity contribution in [2.75, 3.05) is 12.3 Å². The van der Waals surface area contributed by atoms with Crippen molar-refractivity contribution in [3.63, 3.8) is 0 Å². The van der Waals surface area contributed by atoms with E-state index in [2.05, 4.69) is 10.6 Å². The van der Waals surface area contributed by atoms with Gasteiger partial charge in [-0.15, -0.1) is 0 Å². The Bertz CT molecular complexity index is 340. The lowest BCUT2D eigenvalue weighted by molar-refractivity contribution is -0.141. The number of hydrogen-bond donors (Lipinski definition) is 3. The summed E-state index contributed by atoms with van der Waals surface area (Å²) in [4.78, 5) is 22.0. The van der Waals surface area contributed by atoms with Gasteiger partial charge in [0, 0.05) is 18.3 Å². The normalized spacial score (nSPS) is 14.3. The Morgan fingerprint density at radius 2 is 1.86 bits per heavy atom. The van der Waals surface area contributed by atoms with Crippen LogP contribution in [0.3, 0.4) is 0 Å². The molecule has 0 aliphatic rings. The number of aliphatic carboxylic acids is 1. The van der Waals surface area contributed by atoms with Crippen LogP contribution in [0.15, 0.2) is 0 Å². The molecule has 0 saturated heterocycles. The zero-order valence-corrected chi connectivity index (χ0v) is 12.8. The zero-order chi connectivity index (χ0) is 16.5. The maximum atomic E-state index is 11.8. The molecule has 0 aromatic heterocycles. The number of carbonyl (C=O) groups is 2. The Hall–Kier alpha value is -1.12. The van der Waals surface area contributed by atoms with Gasteiger partial charge in [0.15, 0.2) is 0 Å². The van der Waals surface area contributed by atoms with E-state index in [0.717, 1.165) is 0 Å². The quantitative estimate of drug-likeness (QED) is 0.568. The number of nitrogens with one attached hydrogen (secondary N) is 2. The molecule has 0 aromatic rings. The SMILES string of the molecule is CC(CCCC(C)C(=O)O)NC(=O)NCCSC(F)(F)F. The third kappa shape index (κ3) is 12.3. The third-order valence-corrected chi connectivity index (χ3v) is 3.46. The molecule has 0 aromatic carbocycles. The first kappa shape index (κ1) is 19.9. The maximum Gasteiger partial charge on any atom is 0.441 e. The summed E-state index contributed by atoms with van der Waals surface area (Å²) in [6, 6.07) is -0.683. The molecule has 0 spiro atoms. The second-order valence-corrected chi connectivity index (χ2v) is 5.93. The molecule has 0 radical (unpaired) electrons. The summed E-state index contributed by atoms with van der Waals surface area (Å²) in [5.74, 6) is -1.51. The summed E-state index contributed by atoms with van der Waals surface area (Å²) in [6.45, 7) is 3.31. The average Bonchev–Trinajstić information content (AvgIpc) is 2.33. The molecule has 0 aliphatic carbocycles. The van der Waals surface area contributed by atoms with Gasteiger partial charge in [-0.3, -0.25) is 4.79 Å². The van der Waals surface area contributed by atoms with E-state index in [1.165, 1.54) is 0 Å². The van der Waals surface area contributed by atoms with Crippen LogP contribution < -0.4 is 10.6 Å². The third-order valence-electron chi connectivity index (χ3n) is 2.73. The van der Waals surface area contributed by atoms with Gasteiger partial charge in [-0.25, -0.2) is 4.79 Å². The predicted octanol–water partition coefficient (Wildman–Crippen LogP) is 2.82. The van der Waals surface area contributed by atoms with Crippen LogP contribution in [-0.4, -0.2) is 41.0 Å². The Kier molecular flexibility index (Phi) is 9.23. The highest BCUT2D eigenvalue weighted by molar-refractivity contribution is 8.00. The summed E-state index contributed by atoms with van der Waals surface area (Å²) < 4.78 is 35.5. The fraction of sp³-hybridized carbons (Fsp3) is 0.833. The molecule has 3 N–H and O–H groups in total. The van der Waals surface area contributed by atoms with Crippen molar-refractivity contribution in [2.45, 2.75) is 44.7 Å². The number of rotatable bonds is 9. The largest absolute Gasteiger partial charge is 0.481 e. The number of urea groups is 1. The van der Waals surface area contributed by atoms with Crippen molar-refractivity contribution in [1.82, 2.24) is 10.6 Å². The molecule has 0 aliphatic heterocycles. The molecule has 0 heterocycles. The predicted molar refractivity (Wildman–Crippen MR) is 75.2 cm³/mol. The molecule has 2 atom stereocenters. The van der Waals surface area contributed by atoms with E-state index in [0.29, 0.717) is 19.3 Å². The molecular formula is C12H21F3N2O3S. The van der Waals surface area contributed by atoms with Gasteiger partial charge in [0.2, 0.25) is 0 Å². The Balaban J connectivity index is 3.68. The zero-order valence-electron chi connectivity index (χ0n) is 12.0. The molecule has 0 saturated carbocycles. The molecule has 5 nitrogen and oxygen atoms in total. The van der Waals surface area contributed by atoms with Gasteiger partial charge < -0.3 is 15.7 Å². The summed E-state index contributed by atoms with van der Waals surface area (Å²) >= 11 is -0.184. The minimum atomic E-state index is -4.29. The van der Waals surface area contributed by atoms with Gasteiger partial charge in [-0.2, -0.15) is 13.2 Å². The average molecular weight is 330 g/mol. The molecule has 21 heavy (non-hydrogen) atoms. The van der Waals surface area contributed by atoms with Gasteiger partial charge >= 0.3 is 17.5 Å². The molecule has 9 heteroatoms. The molecule has 0 fully saturated rings. The van der Waals surface area contributed by atoms with Crippen molar-refractivity contribution < 1.29 is 27.9 Å². The van der Waals surface area contributed by atoms with Gasteiger partial charge in [0.1, 0.15) is 0 Å². The fourth-order valence-electron chi connectivity index (χ4n) is 1.53. The lowest BCUT2D eigenvalue weighted by atomic mass is 10.0. The summed E-state index contributed by atoms with van der Waals surface area (Å²) in [7, 11) is 0. The Morgan fingerprint density at radius 1 is 1.24 bits per heavy atom. The van der Waals surface area contributed by atoms with E-state index in [9.17, 15) is 22.8 Å². The number of carboxylic acid groups (broad SMARTS) is 1. The second kappa shape index (κ2) is 9.75. The van der Waals surface area contributed by atoms with Crippen LogP contribution in [0.25, 0.3) is 0 Å². The van der Waals surface area contributed by atoms with Crippen molar-refractivity contribution in [3.8, 4) is 0 Å². The first-order valence-corrected chi connectivity index (χ1v) is 7.58. The molecular weight excluding hydrogens is 309 g/mol. The number of hydrogen-bond acceptors (Lipinski definition) is 3. The Labute approximate surface area is 126 Å². The standard InChI is InChI=1S/C12H21F3N2O3S/c1-8(10(18)19)4-3-5-9(2)17-11(20)16-6-7-21-12(13,14)15/h8-9H,3-7H2,1-2H3,(H,18,19)(H2,16,17,20). The molecule has 0 bridgehead atoms. The minimum Gasteiger partial charge on any atom is -0.481 e. The number of carbonyl (C=O) groups excluding carboxylic acids is 1. The van der Waals surface area contributed by atoms with Crippen LogP contribution in [0.4, 0.5) is 18.0 Å². The van der Waals surface area contributed by atoms with E-state index in [-0.39, 0.29) is 30.1 Å². The van der Waals surface area contributed by atoms with Crippen LogP contribution in [0.1, 0.15) is 33.1 Å². The topological polar surface area (TPSA) is 78.4 Å². The first-order valence-electron chi connectivity index (χ1n) is 6.59. The number of alkyl halides is 3. The van der Waals surface area contributed by atoms with E-state index in [4.69, 9.17) is 5.11 Å². The molecule has 2 amide bonds. The molecule has 0 rings (SSSR count). The van der Waals surface area contributed by atoms with E-state index >= 15 is 0 Å². The van der Waals surface area contributed by atoms with Gasteiger partial charge in [0.25, 0.3) is 0 Å². The van der Waals surface area contributed by atoms with Crippen molar-refractivity contribution in [3.05, 3.63) is 0 Å². The minimum absolute atomic E-state index is 0.0707. The van der Waals surface area contributed by atoms with Crippen LogP contribution in [0, 0.1) is 5.92 Å². The van der Waals surface area contributed by atoms with Gasteiger partial charge in [0.05, 0.1) is 5.92 Å². The van der Waals surface area contributed by atoms with E-state index in [1.807, 2.05) is 0 Å². The monoisotopic (exact) mass is 330 g/mol.